The zero-order valence-electron chi connectivity index (χ0n) is 17.9. The first kappa shape index (κ1) is 22.0. The van der Waals surface area contributed by atoms with E-state index >= 15 is 0 Å². The summed E-state index contributed by atoms with van der Waals surface area (Å²) in [6.45, 7) is 2.72. The Bertz CT molecular complexity index is 1220. The second-order valence-electron chi connectivity index (χ2n) is 8.08. The van der Waals surface area contributed by atoms with Crippen molar-refractivity contribution in [2.45, 2.75) is 39.2 Å². The highest BCUT2D eigenvalue weighted by Gasteiger charge is 2.27. The summed E-state index contributed by atoms with van der Waals surface area (Å²) in [5, 5.41) is 3.88. The second kappa shape index (κ2) is 9.53. The average molecular weight is 453 g/mol. The Morgan fingerprint density at radius 1 is 1.22 bits per heavy atom. The molecule has 0 aliphatic carbocycles. The van der Waals surface area contributed by atoms with Crippen LogP contribution in [0.25, 0.3) is 10.9 Å². The lowest BCUT2D eigenvalue weighted by molar-refractivity contribution is -0.132. The third kappa shape index (κ3) is 4.83. The van der Waals surface area contributed by atoms with Crippen LogP contribution in [0.1, 0.15) is 37.6 Å². The predicted octanol–water partition coefficient (Wildman–Crippen LogP) is 3.91. The molecule has 2 heterocycles. The van der Waals surface area contributed by atoms with Gasteiger partial charge in [0.2, 0.25) is 11.8 Å². The Morgan fingerprint density at radius 3 is 2.84 bits per heavy atom. The first-order valence-corrected chi connectivity index (χ1v) is 11.2. The van der Waals surface area contributed by atoms with Crippen LogP contribution in [0.15, 0.2) is 47.3 Å². The SMILES string of the molecule is CCCN(Cc1nc2cc(Cl)ccc2c(=O)[nH]1)C(=O)CC[C@H]1Cc2ccccc2NC1=O. The molecule has 2 aromatic carbocycles. The number of rotatable bonds is 7. The molecule has 4 rings (SSSR count). The number of para-hydroxylation sites is 1. The number of halogens is 1. The van der Waals surface area contributed by atoms with Crippen molar-refractivity contribution in [1.82, 2.24) is 14.9 Å². The van der Waals surface area contributed by atoms with Gasteiger partial charge in [-0.15, -0.1) is 0 Å². The summed E-state index contributed by atoms with van der Waals surface area (Å²) >= 11 is 6.04. The maximum Gasteiger partial charge on any atom is 0.258 e. The Kier molecular flexibility index (Phi) is 6.55. The molecular weight excluding hydrogens is 428 g/mol. The fraction of sp³-hybridized carbons (Fsp3) is 0.333. The molecule has 0 fully saturated rings. The van der Waals surface area contributed by atoms with Gasteiger partial charge in [-0.05, 0) is 49.1 Å². The van der Waals surface area contributed by atoms with Gasteiger partial charge in [-0.2, -0.15) is 0 Å². The standard InChI is InChI=1S/C24H25ClN4O3/c1-2-11-29(14-21-26-20-13-17(25)8-9-18(20)24(32)28-21)22(30)10-7-16-12-15-5-3-4-6-19(15)27-23(16)31/h3-6,8-9,13,16H,2,7,10-12,14H2,1H3,(H,27,31)(H,26,28,32)/t16-/m0/s1. The van der Waals surface area contributed by atoms with Gasteiger partial charge in [0.05, 0.1) is 17.4 Å². The van der Waals surface area contributed by atoms with E-state index in [-0.39, 0.29) is 36.3 Å². The van der Waals surface area contributed by atoms with E-state index in [1.165, 1.54) is 0 Å². The maximum absolute atomic E-state index is 13.0. The number of H-pyrrole nitrogens is 1. The molecule has 1 aromatic heterocycles. The van der Waals surface area contributed by atoms with Crippen molar-refractivity contribution < 1.29 is 9.59 Å². The van der Waals surface area contributed by atoms with Crippen molar-refractivity contribution in [3.63, 3.8) is 0 Å². The first-order chi connectivity index (χ1) is 15.4. The quantitative estimate of drug-likeness (QED) is 0.568. The van der Waals surface area contributed by atoms with Crippen LogP contribution in [-0.4, -0.2) is 33.2 Å². The molecular formula is C24H25ClN4O3. The number of hydrogen-bond donors (Lipinski definition) is 2. The number of amides is 2. The number of aromatic amines is 1. The molecule has 0 radical (unpaired) electrons. The molecule has 2 N–H and O–H groups in total. The van der Waals surface area contributed by atoms with E-state index in [1.54, 1.807) is 23.1 Å². The number of nitrogens with zero attached hydrogens (tertiary/aromatic N) is 2. The van der Waals surface area contributed by atoms with Crippen LogP contribution in [0.4, 0.5) is 5.69 Å². The summed E-state index contributed by atoms with van der Waals surface area (Å²) in [5.41, 5.74) is 2.17. The van der Waals surface area contributed by atoms with E-state index < -0.39 is 0 Å². The van der Waals surface area contributed by atoms with E-state index in [0.717, 1.165) is 17.7 Å². The predicted molar refractivity (Wildman–Crippen MR) is 125 cm³/mol. The van der Waals surface area contributed by atoms with Crippen LogP contribution < -0.4 is 10.9 Å². The Hall–Kier alpha value is -3.19. The summed E-state index contributed by atoms with van der Waals surface area (Å²) in [6.07, 6.45) is 2.12. The molecule has 0 saturated carbocycles. The molecule has 1 atom stereocenters. The summed E-state index contributed by atoms with van der Waals surface area (Å²) in [7, 11) is 0. The minimum atomic E-state index is -0.261. The topological polar surface area (TPSA) is 95.2 Å². The van der Waals surface area contributed by atoms with E-state index in [0.29, 0.717) is 41.1 Å². The summed E-state index contributed by atoms with van der Waals surface area (Å²) in [5.74, 6) is 0.0669. The molecule has 0 spiro atoms. The van der Waals surface area contributed by atoms with Crippen molar-refractivity contribution in [3.05, 3.63) is 69.2 Å². The van der Waals surface area contributed by atoms with E-state index in [2.05, 4.69) is 15.3 Å². The minimum absolute atomic E-state index is 0.0454. The van der Waals surface area contributed by atoms with Gasteiger partial charge >= 0.3 is 0 Å². The number of benzene rings is 2. The number of carbonyl (C=O) groups excluding carboxylic acids is 2. The van der Waals surface area contributed by atoms with Crippen LogP contribution in [0.5, 0.6) is 0 Å². The monoisotopic (exact) mass is 452 g/mol. The van der Waals surface area contributed by atoms with Crippen molar-refractivity contribution in [1.29, 1.82) is 0 Å². The largest absolute Gasteiger partial charge is 0.335 e. The molecule has 3 aromatic rings. The molecule has 1 aliphatic heterocycles. The summed E-state index contributed by atoms with van der Waals surface area (Å²) in [4.78, 5) is 46.8. The van der Waals surface area contributed by atoms with Gasteiger partial charge in [0.1, 0.15) is 5.82 Å². The highest BCUT2D eigenvalue weighted by atomic mass is 35.5. The lowest BCUT2D eigenvalue weighted by Gasteiger charge is -2.26. The molecule has 8 heteroatoms. The molecule has 0 saturated heterocycles. The maximum atomic E-state index is 13.0. The van der Waals surface area contributed by atoms with Crippen LogP contribution in [0.3, 0.4) is 0 Å². The number of fused-ring (bicyclic) bond motifs is 2. The van der Waals surface area contributed by atoms with Crippen LogP contribution in [0.2, 0.25) is 5.02 Å². The Labute approximate surface area is 190 Å². The van der Waals surface area contributed by atoms with Gasteiger partial charge in [0.15, 0.2) is 0 Å². The van der Waals surface area contributed by atoms with Gasteiger partial charge in [0, 0.05) is 29.6 Å². The average Bonchev–Trinajstić information content (AvgIpc) is 2.77. The zero-order valence-corrected chi connectivity index (χ0v) is 18.6. The highest BCUT2D eigenvalue weighted by Crippen LogP contribution is 2.27. The molecule has 7 nitrogen and oxygen atoms in total. The Morgan fingerprint density at radius 2 is 2.03 bits per heavy atom. The van der Waals surface area contributed by atoms with Crippen molar-refractivity contribution >= 4 is 40.0 Å². The van der Waals surface area contributed by atoms with Crippen molar-refractivity contribution in [3.8, 4) is 0 Å². The minimum Gasteiger partial charge on any atom is -0.335 e. The van der Waals surface area contributed by atoms with Gasteiger partial charge < -0.3 is 15.2 Å². The highest BCUT2D eigenvalue weighted by molar-refractivity contribution is 6.31. The van der Waals surface area contributed by atoms with E-state index in [1.807, 2.05) is 31.2 Å². The number of nitrogens with one attached hydrogen (secondary N) is 2. The van der Waals surface area contributed by atoms with Crippen LogP contribution in [-0.2, 0) is 22.6 Å². The van der Waals surface area contributed by atoms with Gasteiger partial charge in [0.25, 0.3) is 5.56 Å². The fourth-order valence-electron chi connectivity index (χ4n) is 4.08. The third-order valence-corrected chi connectivity index (χ3v) is 5.96. The van der Waals surface area contributed by atoms with Gasteiger partial charge in [-0.25, -0.2) is 4.98 Å². The van der Waals surface area contributed by atoms with E-state index in [4.69, 9.17) is 11.6 Å². The number of aromatic nitrogens is 2. The van der Waals surface area contributed by atoms with Crippen molar-refractivity contribution in [2.24, 2.45) is 5.92 Å². The summed E-state index contributed by atoms with van der Waals surface area (Å²) in [6, 6.07) is 12.7. The molecule has 1 aliphatic rings. The van der Waals surface area contributed by atoms with Crippen LogP contribution in [0, 0.1) is 5.92 Å². The molecule has 32 heavy (non-hydrogen) atoms. The fourth-order valence-corrected chi connectivity index (χ4v) is 4.25. The first-order valence-electron chi connectivity index (χ1n) is 10.8. The molecule has 166 valence electrons. The summed E-state index contributed by atoms with van der Waals surface area (Å²) < 4.78 is 0. The number of anilines is 1. The number of hydrogen-bond acceptors (Lipinski definition) is 4. The van der Waals surface area contributed by atoms with Gasteiger partial charge in [-0.3, -0.25) is 14.4 Å². The third-order valence-electron chi connectivity index (χ3n) is 5.72. The lowest BCUT2D eigenvalue weighted by atomic mass is 9.89. The molecule has 2 amide bonds. The molecule has 0 bridgehead atoms. The van der Waals surface area contributed by atoms with E-state index in [9.17, 15) is 14.4 Å². The van der Waals surface area contributed by atoms with Crippen molar-refractivity contribution in [2.75, 3.05) is 11.9 Å². The smallest absolute Gasteiger partial charge is 0.258 e. The molecule has 0 unspecified atom stereocenters. The number of carbonyl (C=O) groups is 2. The van der Waals surface area contributed by atoms with Crippen LogP contribution >= 0.6 is 11.6 Å². The lowest BCUT2D eigenvalue weighted by Crippen LogP contribution is -2.35. The zero-order chi connectivity index (χ0) is 22.7. The Balaban J connectivity index is 1.45. The van der Waals surface area contributed by atoms with Gasteiger partial charge in [-0.1, -0.05) is 36.7 Å². The normalized spacial score (nSPS) is 15.3. The second-order valence-corrected chi connectivity index (χ2v) is 8.51.